The monoisotopic (exact) mass is 297 g/mol. The second-order valence-electron chi connectivity index (χ2n) is 3.87. The Bertz CT molecular complexity index is 689. The maximum absolute atomic E-state index is 12.0. The predicted octanol–water partition coefficient (Wildman–Crippen LogP) is 1.80. The van der Waals surface area contributed by atoms with E-state index in [-0.39, 0.29) is 17.1 Å². The van der Waals surface area contributed by atoms with Crippen LogP contribution in [0.15, 0.2) is 47.6 Å². The van der Waals surface area contributed by atoms with Gasteiger partial charge in [-0.15, -0.1) is 0 Å². The molecular formula is C12H12ClN3O2S. The SMILES string of the molecule is Nc1ccncc1S(=O)(=O)NCc1cccc(Cl)c1. The number of nitrogens with two attached hydrogens (primary N) is 1. The lowest BCUT2D eigenvalue weighted by Crippen LogP contribution is -2.24. The van der Waals surface area contributed by atoms with Crippen molar-refractivity contribution in [2.75, 3.05) is 5.73 Å². The summed E-state index contributed by atoms with van der Waals surface area (Å²) in [6, 6.07) is 8.38. The third-order valence-electron chi connectivity index (χ3n) is 2.46. The zero-order valence-corrected chi connectivity index (χ0v) is 11.4. The van der Waals surface area contributed by atoms with Gasteiger partial charge in [0, 0.05) is 24.0 Å². The molecule has 0 aliphatic carbocycles. The van der Waals surface area contributed by atoms with Crippen molar-refractivity contribution in [2.45, 2.75) is 11.4 Å². The van der Waals surface area contributed by atoms with Crippen LogP contribution < -0.4 is 10.5 Å². The number of nitrogens with zero attached hydrogens (tertiary/aromatic N) is 1. The molecule has 0 bridgehead atoms. The van der Waals surface area contributed by atoms with Crippen LogP contribution in [-0.4, -0.2) is 13.4 Å². The summed E-state index contributed by atoms with van der Waals surface area (Å²) in [7, 11) is -3.68. The summed E-state index contributed by atoms with van der Waals surface area (Å²) < 4.78 is 26.5. The van der Waals surface area contributed by atoms with Crippen molar-refractivity contribution in [3.05, 3.63) is 53.3 Å². The first-order valence-corrected chi connectivity index (χ1v) is 7.29. The summed E-state index contributed by atoms with van der Waals surface area (Å²) in [5.41, 5.74) is 6.54. The summed E-state index contributed by atoms with van der Waals surface area (Å²) in [4.78, 5) is 3.73. The van der Waals surface area contributed by atoms with Gasteiger partial charge in [-0.3, -0.25) is 4.98 Å². The molecule has 5 nitrogen and oxygen atoms in total. The Balaban J connectivity index is 2.17. The number of sulfonamides is 1. The molecule has 2 aromatic rings. The first kappa shape index (κ1) is 13.8. The quantitative estimate of drug-likeness (QED) is 0.901. The molecule has 0 amide bonds. The zero-order chi connectivity index (χ0) is 13.9. The molecule has 0 unspecified atom stereocenters. The van der Waals surface area contributed by atoms with Gasteiger partial charge in [-0.1, -0.05) is 23.7 Å². The van der Waals surface area contributed by atoms with E-state index in [1.165, 1.54) is 18.5 Å². The van der Waals surface area contributed by atoms with E-state index in [1.54, 1.807) is 24.3 Å². The van der Waals surface area contributed by atoms with E-state index in [4.69, 9.17) is 17.3 Å². The van der Waals surface area contributed by atoms with E-state index in [9.17, 15) is 8.42 Å². The molecule has 1 aromatic carbocycles. The number of nitrogen functional groups attached to an aromatic ring is 1. The van der Waals surface area contributed by atoms with E-state index >= 15 is 0 Å². The minimum absolute atomic E-state index is 0.0305. The molecule has 0 aliphatic heterocycles. The maximum atomic E-state index is 12.0. The molecule has 1 heterocycles. The van der Waals surface area contributed by atoms with Crippen molar-refractivity contribution in [3.63, 3.8) is 0 Å². The van der Waals surface area contributed by atoms with Crippen molar-refractivity contribution in [2.24, 2.45) is 0 Å². The van der Waals surface area contributed by atoms with Crippen LogP contribution in [0.25, 0.3) is 0 Å². The molecule has 7 heteroatoms. The van der Waals surface area contributed by atoms with Crippen LogP contribution in [0.2, 0.25) is 5.02 Å². The molecule has 0 atom stereocenters. The Labute approximate surface area is 116 Å². The number of pyridine rings is 1. The molecule has 100 valence electrons. The molecular weight excluding hydrogens is 286 g/mol. The topological polar surface area (TPSA) is 85.1 Å². The number of aromatic nitrogens is 1. The van der Waals surface area contributed by atoms with Crippen molar-refractivity contribution in [1.29, 1.82) is 0 Å². The third-order valence-corrected chi connectivity index (χ3v) is 4.14. The van der Waals surface area contributed by atoms with Crippen LogP contribution >= 0.6 is 11.6 Å². The van der Waals surface area contributed by atoms with Gasteiger partial charge >= 0.3 is 0 Å². The summed E-state index contributed by atoms with van der Waals surface area (Å²) in [6.45, 7) is 0.136. The van der Waals surface area contributed by atoms with Crippen molar-refractivity contribution in [3.8, 4) is 0 Å². The van der Waals surface area contributed by atoms with Crippen LogP contribution in [0.5, 0.6) is 0 Å². The first-order valence-electron chi connectivity index (χ1n) is 5.42. The van der Waals surface area contributed by atoms with E-state index < -0.39 is 10.0 Å². The van der Waals surface area contributed by atoms with Crippen LogP contribution in [-0.2, 0) is 16.6 Å². The van der Waals surface area contributed by atoms with Crippen LogP contribution in [0.3, 0.4) is 0 Å². The van der Waals surface area contributed by atoms with Gasteiger partial charge in [0.15, 0.2) is 0 Å². The first-order chi connectivity index (χ1) is 8.99. The molecule has 1 aromatic heterocycles. The smallest absolute Gasteiger partial charge is 0.244 e. The van der Waals surface area contributed by atoms with Gasteiger partial charge in [0.2, 0.25) is 10.0 Å². The number of rotatable bonds is 4. The minimum atomic E-state index is -3.68. The summed E-state index contributed by atoms with van der Waals surface area (Å²) in [5, 5.41) is 0.553. The van der Waals surface area contributed by atoms with E-state index in [0.29, 0.717) is 5.02 Å². The largest absolute Gasteiger partial charge is 0.398 e. The van der Waals surface area contributed by atoms with Gasteiger partial charge in [-0.25, -0.2) is 13.1 Å². The number of hydrogen-bond donors (Lipinski definition) is 2. The van der Waals surface area contributed by atoms with Crippen molar-refractivity contribution in [1.82, 2.24) is 9.71 Å². The number of nitrogens with one attached hydrogen (secondary N) is 1. The van der Waals surface area contributed by atoms with E-state index in [1.807, 2.05) is 0 Å². The lowest BCUT2D eigenvalue weighted by molar-refractivity contribution is 0.581. The highest BCUT2D eigenvalue weighted by Gasteiger charge is 2.17. The third kappa shape index (κ3) is 3.44. The van der Waals surface area contributed by atoms with Gasteiger partial charge < -0.3 is 5.73 Å². The molecule has 19 heavy (non-hydrogen) atoms. The second-order valence-corrected chi connectivity index (χ2v) is 6.04. The van der Waals surface area contributed by atoms with E-state index in [2.05, 4.69) is 9.71 Å². The summed E-state index contributed by atoms with van der Waals surface area (Å²) in [6.07, 6.45) is 2.65. The Hall–Kier alpha value is -1.63. The Morgan fingerprint density at radius 2 is 2.11 bits per heavy atom. The van der Waals surface area contributed by atoms with Gasteiger partial charge in [-0.2, -0.15) is 0 Å². The molecule has 0 aliphatic rings. The van der Waals surface area contributed by atoms with Crippen molar-refractivity contribution >= 4 is 27.3 Å². The highest BCUT2D eigenvalue weighted by Crippen LogP contribution is 2.16. The lowest BCUT2D eigenvalue weighted by Gasteiger charge is -2.08. The minimum Gasteiger partial charge on any atom is -0.398 e. The maximum Gasteiger partial charge on any atom is 0.244 e. The molecule has 0 saturated carbocycles. The van der Waals surface area contributed by atoms with Gasteiger partial charge in [0.05, 0.1) is 5.69 Å². The molecule has 0 radical (unpaired) electrons. The van der Waals surface area contributed by atoms with E-state index in [0.717, 1.165) is 5.56 Å². The highest BCUT2D eigenvalue weighted by molar-refractivity contribution is 7.89. The fourth-order valence-corrected chi connectivity index (χ4v) is 2.82. The normalized spacial score (nSPS) is 11.4. The molecule has 0 fully saturated rings. The Morgan fingerprint density at radius 3 is 2.79 bits per heavy atom. The summed E-state index contributed by atoms with van der Waals surface area (Å²) in [5.74, 6) is 0. The average Bonchev–Trinajstić information content (AvgIpc) is 2.37. The number of halogens is 1. The van der Waals surface area contributed by atoms with Gasteiger partial charge in [0.1, 0.15) is 4.90 Å². The average molecular weight is 298 g/mol. The van der Waals surface area contributed by atoms with Crippen molar-refractivity contribution < 1.29 is 8.42 Å². The van der Waals surface area contributed by atoms with Crippen LogP contribution in [0, 0.1) is 0 Å². The second kappa shape index (κ2) is 5.56. The fourth-order valence-electron chi connectivity index (χ4n) is 1.52. The Kier molecular flexibility index (Phi) is 4.04. The molecule has 0 spiro atoms. The lowest BCUT2D eigenvalue weighted by atomic mass is 10.2. The number of hydrogen-bond acceptors (Lipinski definition) is 4. The van der Waals surface area contributed by atoms with Crippen LogP contribution in [0.4, 0.5) is 5.69 Å². The molecule has 2 rings (SSSR count). The highest BCUT2D eigenvalue weighted by atomic mass is 35.5. The molecule has 0 saturated heterocycles. The Morgan fingerprint density at radius 1 is 1.32 bits per heavy atom. The number of benzene rings is 1. The van der Waals surface area contributed by atoms with Gasteiger partial charge in [0.25, 0.3) is 0 Å². The van der Waals surface area contributed by atoms with Crippen LogP contribution in [0.1, 0.15) is 5.56 Å². The fraction of sp³-hybridized carbons (Fsp3) is 0.0833. The summed E-state index contributed by atoms with van der Waals surface area (Å²) >= 11 is 5.83. The molecule has 3 N–H and O–H groups in total. The number of anilines is 1. The van der Waals surface area contributed by atoms with Gasteiger partial charge in [-0.05, 0) is 23.8 Å². The standard InChI is InChI=1S/C12H12ClN3O2S/c13-10-3-1-2-9(6-10)7-16-19(17,18)12-8-15-5-4-11(12)14/h1-6,8,16H,7H2,(H2,14,15). The zero-order valence-electron chi connectivity index (χ0n) is 9.88. The predicted molar refractivity (Wildman–Crippen MR) is 74.1 cm³/mol.